The second-order valence-corrected chi connectivity index (χ2v) is 20.3. The Bertz CT molecular complexity index is 4080. The summed E-state index contributed by atoms with van der Waals surface area (Å²) in [4.78, 5) is 0. The van der Waals surface area contributed by atoms with Crippen molar-refractivity contribution in [2.75, 3.05) is 0 Å². The number of rotatable bonds is 6. The third-order valence-corrected chi connectivity index (χ3v) is 16.0. The van der Waals surface area contributed by atoms with Crippen LogP contribution in [0.1, 0.15) is 50.7 Å². The molecule has 13 aromatic rings. The van der Waals surface area contributed by atoms with Gasteiger partial charge in [-0.3, -0.25) is 0 Å². The number of aromatic nitrogens is 2. The van der Waals surface area contributed by atoms with Gasteiger partial charge in [-0.05, 0) is 83.6 Å². The number of hydrogen-bond acceptors (Lipinski definition) is 2. The van der Waals surface area contributed by atoms with Crippen LogP contribution in [0.5, 0.6) is 0 Å². The van der Waals surface area contributed by atoms with Crippen molar-refractivity contribution in [3.63, 3.8) is 0 Å². The maximum atomic E-state index is 17.4. The van der Waals surface area contributed by atoms with Gasteiger partial charge in [0.2, 0.25) is 0 Å². The second kappa shape index (κ2) is 14.7. The van der Waals surface area contributed by atoms with Gasteiger partial charge in [0.15, 0.2) is 0 Å². The van der Waals surface area contributed by atoms with E-state index in [1.807, 2.05) is 35.6 Å². The van der Waals surface area contributed by atoms with Gasteiger partial charge in [-0.1, -0.05) is 137 Å². The molecule has 2 nitrogen and oxygen atoms in total. The highest BCUT2D eigenvalue weighted by atomic mass is 32.1. The standard InChI is InChI=1S/C60H42F2N2S2/c1-33(2)51-57(35-17-5-11-23-41(35)61)60(64-44-26-14-8-20-38(44)54-46(64)30-32-50-56(54)40-22-10-16-28-48(40)66-50)58(36-18-6-12-24-42(36)62)52(34(3)4)59(51)63-43-25-13-7-19-37(43)53-45(63)29-31-49-55(53)39-21-9-15-27-47(39)65-49/h5-34H,1-4H3. The van der Waals surface area contributed by atoms with Gasteiger partial charge >= 0.3 is 0 Å². The lowest BCUT2D eigenvalue weighted by Crippen LogP contribution is -2.15. The average Bonchev–Trinajstić information content (AvgIpc) is 4.08. The minimum Gasteiger partial charge on any atom is -0.309 e. The molecule has 318 valence electrons. The summed E-state index contributed by atoms with van der Waals surface area (Å²) in [6, 6.07) is 57.9. The molecule has 0 saturated carbocycles. The summed E-state index contributed by atoms with van der Waals surface area (Å²) in [6.07, 6.45) is 0. The van der Waals surface area contributed by atoms with Gasteiger partial charge in [-0.2, -0.15) is 0 Å². The Balaban J connectivity index is 1.32. The van der Waals surface area contributed by atoms with Crippen molar-refractivity contribution < 1.29 is 8.78 Å². The van der Waals surface area contributed by atoms with Gasteiger partial charge in [0.05, 0.1) is 33.4 Å². The number of nitrogens with zero attached hydrogens (tertiary/aromatic N) is 2. The molecule has 66 heavy (non-hydrogen) atoms. The highest BCUT2D eigenvalue weighted by Crippen LogP contribution is 2.55. The quantitative estimate of drug-likeness (QED) is 0.157. The molecular weight excluding hydrogens is 851 g/mol. The van der Waals surface area contributed by atoms with Gasteiger partial charge < -0.3 is 9.13 Å². The summed E-state index contributed by atoms with van der Waals surface area (Å²) in [7, 11) is 0. The highest BCUT2D eigenvalue weighted by Gasteiger charge is 2.35. The molecular formula is C60H42F2N2S2. The molecule has 0 fully saturated rings. The number of halogens is 2. The molecule has 0 aliphatic rings. The maximum absolute atomic E-state index is 17.4. The Morgan fingerprint density at radius 2 is 0.727 bits per heavy atom. The summed E-state index contributed by atoms with van der Waals surface area (Å²) in [5.74, 6) is -0.876. The van der Waals surface area contributed by atoms with Crippen LogP contribution in [0.25, 0.3) is 118 Å². The van der Waals surface area contributed by atoms with Crippen LogP contribution in [-0.2, 0) is 0 Å². The molecule has 0 atom stereocenters. The minimum absolute atomic E-state index is 0.108. The van der Waals surface area contributed by atoms with Crippen LogP contribution in [0.4, 0.5) is 8.78 Å². The van der Waals surface area contributed by atoms with E-state index >= 15 is 8.78 Å². The lowest BCUT2D eigenvalue weighted by Gasteiger charge is -2.32. The topological polar surface area (TPSA) is 9.86 Å². The molecule has 0 aliphatic carbocycles. The lowest BCUT2D eigenvalue weighted by molar-refractivity contribution is 0.630. The molecule has 0 amide bonds. The van der Waals surface area contributed by atoms with Crippen LogP contribution >= 0.6 is 22.7 Å². The molecule has 0 aliphatic heterocycles. The molecule has 0 spiro atoms. The van der Waals surface area contributed by atoms with E-state index in [4.69, 9.17) is 0 Å². The SMILES string of the molecule is CC(C)c1c(-c2ccccc2F)c(-n2c3ccccc3c3c4c(ccc32)sc2ccccc24)c(-c2ccccc2F)c(C(C)C)c1-n1c2ccccc2c2c3c(ccc21)sc1ccccc13. The molecule has 0 radical (unpaired) electrons. The number of hydrogen-bond donors (Lipinski definition) is 0. The van der Waals surface area contributed by atoms with Crippen molar-refractivity contribution in [1.82, 2.24) is 9.13 Å². The van der Waals surface area contributed by atoms with Gasteiger partial charge in [0, 0.05) is 84.1 Å². The zero-order valence-corrected chi connectivity index (χ0v) is 38.4. The summed E-state index contributed by atoms with van der Waals surface area (Å²) in [6.45, 7) is 8.91. The largest absolute Gasteiger partial charge is 0.309 e. The first-order valence-electron chi connectivity index (χ1n) is 22.7. The van der Waals surface area contributed by atoms with Crippen LogP contribution in [0, 0.1) is 11.6 Å². The first-order chi connectivity index (χ1) is 32.3. The maximum Gasteiger partial charge on any atom is 0.131 e. The summed E-state index contributed by atoms with van der Waals surface area (Å²) in [5, 5.41) is 9.42. The molecule has 0 N–H and O–H groups in total. The van der Waals surface area contributed by atoms with Crippen molar-refractivity contribution in [3.05, 3.63) is 193 Å². The molecule has 0 unspecified atom stereocenters. The molecule has 4 heterocycles. The Kier molecular flexibility index (Phi) is 8.74. The van der Waals surface area contributed by atoms with E-state index < -0.39 is 0 Å². The fourth-order valence-corrected chi connectivity index (χ4v) is 13.5. The van der Waals surface area contributed by atoms with Crippen LogP contribution in [-0.4, -0.2) is 9.13 Å². The third kappa shape index (κ3) is 5.43. The summed E-state index contributed by atoms with van der Waals surface area (Å²) < 4.78 is 44.4. The van der Waals surface area contributed by atoms with Crippen molar-refractivity contribution in [3.8, 4) is 33.6 Å². The Morgan fingerprint density at radius 3 is 1.17 bits per heavy atom. The van der Waals surface area contributed by atoms with Crippen molar-refractivity contribution in [1.29, 1.82) is 0 Å². The predicted octanol–water partition coefficient (Wildman–Crippen LogP) is 18.5. The summed E-state index contributed by atoms with van der Waals surface area (Å²) in [5.41, 5.74) is 10.3. The number of thiophene rings is 2. The average molecular weight is 893 g/mol. The van der Waals surface area contributed by atoms with Gasteiger partial charge in [0.25, 0.3) is 0 Å². The Hall–Kier alpha value is -7.12. The van der Waals surface area contributed by atoms with Crippen LogP contribution in [0.3, 0.4) is 0 Å². The summed E-state index contributed by atoms with van der Waals surface area (Å²) >= 11 is 3.62. The fourth-order valence-electron chi connectivity index (χ4n) is 11.3. The lowest BCUT2D eigenvalue weighted by atomic mass is 9.79. The van der Waals surface area contributed by atoms with Crippen LogP contribution in [0.15, 0.2) is 170 Å². The molecule has 6 heteroatoms. The van der Waals surface area contributed by atoms with E-state index in [1.54, 1.807) is 35.6 Å². The van der Waals surface area contributed by atoms with E-state index in [9.17, 15) is 0 Å². The van der Waals surface area contributed by atoms with Gasteiger partial charge in [-0.15, -0.1) is 22.7 Å². The third-order valence-electron chi connectivity index (χ3n) is 13.8. The monoisotopic (exact) mass is 892 g/mol. The normalized spacial score (nSPS) is 12.4. The smallest absolute Gasteiger partial charge is 0.131 e. The zero-order valence-electron chi connectivity index (χ0n) is 36.8. The molecule has 4 aromatic heterocycles. The van der Waals surface area contributed by atoms with Gasteiger partial charge in [-0.25, -0.2) is 8.78 Å². The van der Waals surface area contributed by atoms with E-state index in [0.29, 0.717) is 11.1 Å². The Labute approximate surface area is 388 Å². The van der Waals surface area contributed by atoms with Crippen molar-refractivity contribution in [2.45, 2.75) is 39.5 Å². The second-order valence-electron chi connectivity index (χ2n) is 18.1. The van der Waals surface area contributed by atoms with Gasteiger partial charge in [0.1, 0.15) is 11.6 Å². The predicted molar refractivity (Wildman–Crippen MR) is 280 cm³/mol. The minimum atomic E-state index is -0.330. The molecule has 0 saturated heterocycles. The van der Waals surface area contributed by atoms with E-state index in [1.165, 1.54) is 45.7 Å². The van der Waals surface area contributed by atoms with Crippen LogP contribution in [0.2, 0.25) is 0 Å². The van der Waals surface area contributed by atoms with Crippen LogP contribution < -0.4 is 0 Å². The van der Waals surface area contributed by atoms with E-state index in [0.717, 1.165) is 71.9 Å². The molecule has 13 rings (SSSR count). The number of benzene rings is 9. The first kappa shape index (κ1) is 39.3. The molecule has 0 bridgehead atoms. The zero-order chi connectivity index (χ0) is 44.5. The number of para-hydroxylation sites is 2. The fraction of sp³-hybridized carbons (Fsp3) is 0.100. The van der Waals surface area contributed by atoms with E-state index in [-0.39, 0.29) is 23.5 Å². The highest BCUT2D eigenvalue weighted by molar-refractivity contribution is 7.26. The molecule has 9 aromatic carbocycles. The van der Waals surface area contributed by atoms with Crippen molar-refractivity contribution in [2.24, 2.45) is 0 Å². The Morgan fingerprint density at radius 1 is 0.348 bits per heavy atom. The first-order valence-corrected chi connectivity index (χ1v) is 24.3. The van der Waals surface area contributed by atoms with Crippen molar-refractivity contribution >= 4 is 107 Å². The number of fused-ring (bicyclic) bond motifs is 14. The van der Waals surface area contributed by atoms with E-state index in [2.05, 4.69) is 158 Å².